The van der Waals surface area contributed by atoms with Crippen LogP contribution in [0.4, 0.5) is 10.5 Å². The maximum absolute atomic E-state index is 14.0. The normalized spacial score (nSPS) is 13.3. The van der Waals surface area contributed by atoms with Gasteiger partial charge in [0.25, 0.3) is 21.8 Å². The summed E-state index contributed by atoms with van der Waals surface area (Å²) >= 11 is 0. The minimum atomic E-state index is -4.46. The number of nitrogens with zero attached hydrogens (tertiary/aromatic N) is 3. The predicted molar refractivity (Wildman–Crippen MR) is 168 cm³/mol. The minimum Gasteiger partial charge on any atom is -0.408 e. The van der Waals surface area contributed by atoms with Gasteiger partial charge in [0.2, 0.25) is 0 Å². The molecule has 5 aromatic rings. The minimum absolute atomic E-state index is 0.00725. The Kier molecular flexibility index (Phi) is 8.20. The average molecular weight is 638 g/mol. The lowest BCUT2D eigenvalue weighted by Crippen LogP contribution is -2.39. The van der Waals surface area contributed by atoms with E-state index in [9.17, 15) is 27.6 Å². The molecule has 4 aromatic carbocycles. The summed E-state index contributed by atoms with van der Waals surface area (Å²) in [5.74, 6) is -1.74. The van der Waals surface area contributed by atoms with E-state index in [-0.39, 0.29) is 42.0 Å². The summed E-state index contributed by atoms with van der Waals surface area (Å²) in [6.07, 6.45) is -1.15. The van der Waals surface area contributed by atoms with Crippen molar-refractivity contribution in [3.63, 3.8) is 0 Å². The van der Waals surface area contributed by atoms with E-state index in [4.69, 9.17) is 9.57 Å². The topological polar surface area (TPSA) is 140 Å². The molecule has 0 unspecified atom stereocenters. The SMILES string of the molecule is Cc1ccc(S(=O)(=O)N(C(=O)Oc2c3ccccc3nc3ccccc23)c2ccc(CCC(=O)ON3C(=O)CCC3=O)cc2)cc1. The number of pyridine rings is 1. The van der Waals surface area contributed by atoms with Crippen molar-refractivity contribution in [1.29, 1.82) is 0 Å². The van der Waals surface area contributed by atoms with Gasteiger partial charge in [-0.15, -0.1) is 5.06 Å². The summed E-state index contributed by atoms with van der Waals surface area (Å²) in [5.41, 5.74) is 2.60. The highest BCUT2D eigenvalue weighted by Gasteiger charge is 2.34. The summed E-state index contributed by atoms with van der Waals surface area (Å²) < 4.78 is 34.6. The van der Waals surface area contributed by atoms with Crippen molar-refractivity contribution in [2.45, 2.75) is 37.5 Å². The smallest absolute Gasteiger partial charge is 0.408 e. The van der Waals surface area contributed by atoms with Gasteiger partial charge in [-0.05, 0) is 67.4 Å². The van der Waals surface area contributed by atoms with Gasteiger partial charge in [0.1, 0.15) is 0 Å². The van der Waals surface area contributed by atoms with E-state index in [1.54, 1.807) is 72.8 Å². The largest absolute Gasteiger partial charge is 0.434 e. The molecule has 1 fully saturated rings. The molecule has 1 aromatic heterocycles. The molecule has 46 heavy (non-hydrogen) atoms. The van der Waals surface area contributed by atoms with Crippen LogP contribution in [0.15, 0.2) is 102 Å². The molecule has 0 atom stereocenters. The number of carbonyl (C=O) groups excluding carboxylic acids is 4. The lowest BCUT2D eigenvalue weighted by Gasteiger charge is -2.23. The van der Waals surface area contributed by atoms with Gasteiger partial charge in [-0.2, -0.15) is 4.31 Å². The number of para-hydroxylation sites is 2. The standard InChI is InChI=1S/C34H27N3O8S/c1-22-10-17-25(18-11-22)46(42,43)37(24-15-12-23(13-16-24)14-21-32(40)45-36-30(38)19-20-31(36)39)34(41)44-33-26-6-2-4-8-28(26)35-29-9-5-3-7-27(29)33/h2-13,15-18H,14,19-21H2,1H3. The van der Waals surface area contributed by atoms with E-state index in [1.807, 2.05) is 6.92 Å². The fourth-order valence-corrected chi connectivity index (χ4v) is 6.37. The first-order chi connectivity index (χ1) is 22.1. The van der Waals surface area contributed by atoms with Gasteiger partial charge in [-0.3, -0.25) is 9.59 Å². The van der Waals surface area contributed by atoms with Crippen LogP contribution in [-0.2, 0) is 35.7 Å². The summed E-state index contributed by atoms with van der Waals surface area (Å²) in [7, 11) is -4.46. The van der Waals surface area contributed by atoms with Crippen molar-refractivity contribution in [2.75, 3.05) is 4.31 Å². The number of benzene rings is 4. The average Bonchev–Trinajstić information content (AvgIpc) is 3.36. The van der Waals surface area contributed by atoms with Crippen LogP contribution >= 0.6 is 0 Å². The molecule has 1 aliphatic rings. The van der Waals surface area contributed by atoms with Crippen molar-refractivity contribution in [3.8, 4) is 5.75 Å². The molecule has 0 aliphatic carbocycles. The number of fused-ring (bicyclic) bond motifs is 2. The van der Waals surface area contributed by atoms with Crippen LogP contribution in [0.2, 0.25) is 0 Å². The molecular formula is C34H27N3O8S. The number of aryl methyl sites for hydroxylation is 2. The van der Waals surface area contributed by atoms with Crippen molar-refractivity contribution in [2.24, 2.45) is 0 Å². The molecule has 0 bridgehead atoms. The molecule has 6 rings (SSSR count). The number of carbonyl (C=O) groups is 4. The zero-order chi connectivity index (χ0) is 32.4. The first kappa shape index (κ1) is 30.4. The number of rotatable bonds is 8. The second-order valence-corrected chi connectivity index (χ2v) is 12.4. The van der Waals surface area contributed by atoms with Crippen molar-refractivity contribution >= 4 is 61.4 Å². The Morgan fingerprint density at radius 1 is 0.804 bits per heavy atom. The molecule has 0 radical (unpaired) electrons. The molecule has 0 saturated carbocycles. The quantitative estimate of drug-likeness (QED) is 0.156. The number of hydrogen-bond acceptors (Lipinski definition) is 9. The Hall–Kier alpha value is -5.62. The first-order valence-corrected chi connectivity index (χ1v) is 15.8. The number of ether oxygens (including phenoxy) is 1. The third kappa shape index (κ3) is 6.02. The van der Waals surface area contributed by atoms with E-state index in [0.717, 1.165) is 5.56 Å². The van der Waals surface area contributed by atoms with Crippen molar-refractivity contribution in [1.82, 2.24) is 10.0 Å². The maximum atomic E-state index is 14.0. The molecule has 2 heterocycles. The summed E-state index contributed by atoms with van der Waals surface area (Å²) in [6, 6.07) is 26.3. The van der Waals surface area contributed by atoms with Crippen LogP contribution in [-0.4, -0.2) is 42.3 Å². The fourth-order valence-electron chi connectivity index (χ4n) is 5.05. The zero-order valence-electron chi connectivity index (χ0n) is 24.6. The predicted octanol–water partition coefficient (Wildman–Crippen LogP) is 5.63. The van der Waals surface area contributed by atoms with Gasteiger partial charge in [0.05, 0.1) is 28.0 Å². The molecule has 0 spiro atoms. The third-order valence-corrected chi connectivity index (χ3v) is 9.15. The number of sulfonamides is 1. The summed E-state index contributed by atoms with van der Waals surface area (Å²) in [6.45, 7) is 1.82. The number of amides is 3. The molecule has 232 valence electrons. The number of aromatic nitrogens is 1. The van der Waals surface area contributed by atoms with E-state index in [2.05, 4.69) is 4.98 Å². The zero-order valence-corrected chi connectivity index (χ0v) is 25.4. The number of hydrogen-bond donors (Lipinski definition) is 0. The van der Waals surface area contributed by atoms with Crippen LogP contribution in [0, 0.1) is 6.92 Å². The molecular weight excluding hydrogens is 610 g/mol. The van der Waals surface area contributed by atoms with Gasteiger partial charge < -0.3 is 9.57 Å². The lowest BCUT2D eigenvalue weighted by molar-refractivity contribution is -0.197. The van der Waals surface area contributed by atoms with E-state index in [0.29, 0.717) is 36.7 Å². The highest BCUT2D eigenvalue weighted by molar-refractivity contribution is 7.93. The fraction of sp³-hybridized carbons (Fsp3) is 0.147. The van der Waals surface area contributed by atoms with Gasteiger partial charge in [-0.1, -0.05) is 54.1 Å². The molecule has 11 nitrogen and oxygen atoms in total. The van der Waals surface area contributed by atoms with Crippen molar-refractivity contribution in [3.05, 3.63) is 108 Å². The number of imide groups is 1. The van der Waals surface area contributed by atoms with Gasteiger partial charge in [0.15, 0.2) is 5.75 Å². The van der Waals surface area contributed by atoms with Gasteiger partial charge >= 0.3 is 12.1 Å². The summed E-state index contributed by atoms with van der Waals surface area (Å²) in [5, 5.41) is 1.55. The van der Waals surface area contributed by atoms with E-state index < -0.39 is 33.9 Å². The highest BCUT2D eigenvalue weighted by atomic mass is 32.2. The lowest BCUT2D eigenvalue weighted by atomic mass is 10.1. The molecule has 12 heteroatoms. The first-order valence-electron chi connectivity index (χ1n) is 14.4. The second-order valence-electron chi connectivity index (χ2n) is 10.6. The number of anilines is 1. The van der Waals surface area contributed by atoms with Crippen LogP contribution in [0.1, 0.15) is 30.4 Å². The third-order valence-electron chi connectivity index (χ3n) is 7.44. The second kappa shape index (κ2) is 12.4. The molecule has 0 N–H and O–H groups in total. The van der Waals surface area contributed by atoms with Gasteiger partial charge in [-0.25, -0.2) is 23.0 Å². The highest BCUT2D eigenvalue weighted by Crippen LogP contribution is 2.35. The summed E-state index contributed by atoms with van der Waals surface area (Å²) in [4.78, 5) is 59.2. The van der Waals surface area contributed by atoms with Crippen LogP contribution in [0.3, 0.4) is 0 Å². The monoisotopic (exact) mass is 637 g/mol. The van der Waals surface area contributed by atoms with Crippen LogP contribution in [0.5, 0.6) is 5.75 Å². The Labute approximate surface area is 264 Å². The van der Waals surface area contributed by atoms with E-state index >= 15 is 0 Å². The van der Waals surface area contributed by atoms with E-state index in [1.165, 1.54) is 24.3 Å². The maximum Gasteiger partial charge on any atom is 0.434 e. The number of hydroxylamine groups is 2. The van der Waals surface area contributed by atoms with Crippen molar-refractivity contribution < 1.29 is 37.2 Å². The molecule has 3 amide bonds. The van der Waals surface area contributed by atoms with Crippen LogP contribution in [0.25, 0.3) is 21.8 Å². The molecule has 1 aliphatic heterocycles. The van der Waals surface area contributed by atoms with Gasteiger partial charge in [0, 0.05) is 23.6 Å². The Morgan fingerprint density at radius 3 is 1.96 bits per heavy atom. The Bertz CT molecular complexity index is 2040. The Balaban J connectivity index is 1.31. The van der Waals surface area contributed by atoms with Crippen LogP contribution < -0.4 is 9.04 Å². The molecule has 1 saturated heterocycles. The Morgan fingerprint density at radius 2 is 1.37 bits per heavy atom.